The summed E-state index contributed by atoms with van der Waals surface area (Å²) in [5.41, 5.74) is 2.90. The molecule has 0 aromatic heterocycles. The van der Waals surface area contributed by atoms with Crippen LogP contribution in [-0.2, 0) is 0 Å². The van der Waals surface area contributed by atoms with Crippen molar-refractivity contribution in [2.24, 2.45) is 0 Å². The van der Waals surface area contributed by atoms with Crippen LogP contribution in [0.3, 0.4) is 0 Å². The fourth-order valence-corrected chi connectivity index (χ4v) is 0.828. The van der Waals surface area contributed by atoms with Gasteiger partial charge in [0.1, 0.15) is 0 Å². The van der Waals surface area contributed by atoms with E-state index in [1.54, 1.807) is 0 Å². The summed E-state index contributed by atoms with van der Waals surface area (Å²) in [6, 6.07) is 0. The summed E-state index contributed by atoms with van der Waals surface area (Å²) >= 11 is 0. The Morgan fingerprint density at radius 1 is 1.50 bits per heavy atom. The maximum absolute atomic E-state index is 2.25. The van der Waals surface area contributed by atoms with Crippen molar-refractivity contribution in [1.29, 1.82) is 0 Å². The van der Waals surface area contributed by atoms with Crippen molar-refractivity contribution in [1.82, 2.24) is 0 Å². The maximum atomic E-state index is 2.25. The standard InChI is InChI=1S/C7H10.Na.H/c1-6-3-4-7(2)5-6;;/h3,5H,4H2,1-2H3;;/q;+1;-1. The van der Waals surface area contributed by atoms with Crippen molar-refractivity contribution in [3.8, 4) is 0 Å². The summed E-state index contributed by atoms with van der Waals surface area (Å²) in [5.74, 6) is 0. The molecule has 1 aliphatic rings. The molecule has 0 fully saturated rings. The Bertz CT molecular complexity index is 136. The monoisotopic (exact) mass is 118 g/mol. The largest absolute Gasteiger partial charge is 1.00 e. The van der Waals surface area contributed by atoms with E-state index in [-0.39, 0.29) is 31.0 Å². The van der Waals surface area contributed by atoms with E-state index >= 15 is 0 Å². The minimum Gasteiger partial charge on any atom is -1.00 e. The zero-order valence-electron chi connectivity index (χ0n) is 6.86. The molecule has 1 rings (SSSR count). The molecule has 0 heterocycles. The first kappa shape index (κ1) is 8.48. The third kappa shape index (κ3) is 2.17. The predicted molar refractivity (Wildman–Crippen MR) is 33.2 cm³/mol. The van der Waals surface area contributed by atoms with Gasteiger partial charge in [0.15, 0.2) is 0 Å². The summed E-state index contributed by atoms with van der Waals surface area (Å²) in [4.78, 5) is 0. The van der Waals surface area contributed by atoms with Crippen LogP contribution in [0, 0.1) is 0 Å². The van der Waals surface area contributed by atoms with E-state index < -0.39 is 0 Å². The van der Waals surface area contributed by atoms with Crippen LogP contribution in [0.25, 0.3) is 0 Å². The van der Waals surface area contributed by atoms with Gasteiger partial charge in [0, 0.05) is 0 Å². The van der Waals surface area contributed by atoms with Gasteiger partial charge in [-0.1, -0.05) is 23.3 Å². The van der Waals surface area contributed by atoms with Gasteiger partial charge < -0.3 is 1.43 Å². The topological polar surface area (TPSA) is 0 Å². The minimum absolute atomic E-state index is 0. The minimum atomic E-state index is 0. The summed E-state index contributed by atoms with van der Waals surface area (Å²) in [5, 5.41) is 0. The van der Waals surface area contributed by atoms with Gasteiger partial charge in [0.2, 0.25) is 0 Å². The normalized spacial score (nSPS) is 16.8. The molecule has 8 heavy (non-hydrogen) atoms. The van der Waals surface area contributed by atoms with Crippen LogP contribution in [0.15, 0.2) is 23.3 Å². The van der Waals surface area contributed by atoms with Crippen LogP contribution in [0.5, 0.6) is 0 Å². The Balaban J connectivity index is 0. The summed E-state index contributed by atoms with van der Waals surface area (Å²) < 4.78 is 0. The van der Waals surface area contributed by atoms with E-state index in [1.807, 2.05) is 0 Å². The molecule has 1 aliphatic carbocycles. The maximum Gasteiger partial charge on any atom is 1.00 e. The number of hydrogen-bond acceptors (Lipinski definition) is 0. The first-order valence-corrected chi connectivity index (χ1v) is 2.63. The molecule has 0 bridgehead atoms. The first-order valence-electron chi connectivity index (χ1n) is 2.63. The molecule has 0 atom stereocenters. The smallest absolute Gasteiger partial charge is 1.00 e. The summed E-state index contributed by atoms with van der Waals surface area (Å²) in [6.45, 7) is 4.30. The van der Waals surface area contributed by atoms with Gasteiger partial charge in [-0.25, -0.2) is 0 Å². The molecule has 0 unspecified atom stereocenters. The Morgan fingerprint density at radius 2 is 2.12 bits per heavy atom. The zero-order chi connectivity index (χ0) is 5.28. The second-order valence-electron chi connectivity index (χ2n) is 2.14. The van der Waals surface area contributed by atoms with E-state index in [9.17, 15) is 0 Å². The average Bonchev–Trinajstić information content (AvgIpc) is 1.87. The third-order valence-electron chi connectivity index (χ3n) is 1.22. The molecule has 0 aromatic rings. The SMILES string of the molecule is CC1=CCC(C)=C1.[H-].[Na+]. The van der Waals surface area contributed by atoms with Crippen molar-refractivity contribution in [3.05, 3.63) is 23.3 Å². The Hall–Kier alpha value is 0.480. The van der Waals surface area contributed by atoms with Crippen LogP contribution in [0.4, 0.5) is 0 Å². The van der Waals surface area contributed by atoms with Crippen LogP contribution in [0.2, 0.25) is 0 Å². The molecule has 0 saturated heterocycles. The fourth-order valence-electron chi connectivity index (χ4n) is 0.828. The van der Waals surface area contributed by atoms with Crippen molar-refractivity contribution < 1.29 is 31.0 Å². The van der Waals surface area contributed by atoms with Crippen LogP contribution < -0.4 is 29.6 Å². The number of rotatable bonds is 0. The average molecular weight is 118 g/mol. The molecule has 1 heteroatoms. The molecule has 0 aromatic carbocycles. The molecular formula is C7H11Na. The molecule has 0 nitrogen and oxygen atoms in total. The van der Waals surface area contributed by atoms with Crippen LogP contribution >= 0.6 is 0 Å². The number of hydrogen-bond donors (Lipinski definition) is 0. The molecule has 40 valence electrons. The van der Waals surface area contributed by atoms with Crippen molar-refractivity contribution >= 4 is 0 Å². The van der Waals surface area contributed by atoms with Crippen LogP contribution in [0.1, 0.15) is 21.7 Å². The molecule has 0 radical (unpaired) electrons. The molecule has 0 saturated carbocycles. The Labute approximate surface area is 74.4 Å². The van der Waals surface area contributed by atoms with Gasteiger partial charge in [0.25, 0.3) is 0 Å². The first-order chi connectivity index (χ1) is 3.29. The van der Waals surface area contributed by atoms with Gasteiger partial charge in [-0.2, -0.15) is 0 Å². The van der Waals surface area contributed by atoms with E-state index in [2.05, 4.69) is 26.0 Å². The molecule has 0 amide bonds. The molecule has 0 aliphatic heterocycles. The fraction of sp³-hybridized carbons (Fsp3) is 0.429. The molecular weight excluding hydrogens is 107 g/mol. The van der Waals surface area contributed by atoms with E-state index in [4.69, 9.17) is 0 Å². The van der Waals surface area contributed by atoms with Crippen molar-refractivity contribution in [2.45, 2.75) is 20.3 Å². The molecule has 0 N–H and O–H groups in total. The number of allylic oxidation sites excluding steroid dienone is 4. The van der Waals surface area contributed by atoms with Crippen LogP contribution in [-0.4, -0.2) is 0 Å². The Morgan fingerprint density at radius 3 is 2.25 bits per heavy atom. The predicted octanol–water partition coefficient (Wildman–Crippen LogP) is -0.601. The molecule has 0 spiro atoms. The zero-order valence-corrected chi connectivity index (χ0v) is 7.86. The van der Waals surface area contributed by atoms with E-state index in [0.717, 1.165) is 0 Å². The van der Waals surface area contributed by atoms with Crippen molar-refractivity contribution in [3.63, 3.8) is 0 Å². The quantitative estimate of drug-likeness (QED) is 0.373. The van der Waals surface area contributed by atoms with Gasteiger partial charge >= 0.3 is 29.6 Å². The summed E-state index contributed by atoms with van der Waals surface area (Å²) in [7, 11) is 0. The van der Waals surface area contributed by atoms with Gasteiger partial charge in [-0.05, 0) is 20.3 Å². The second kappa shape index (κ2) is 3.49. The van der Waals surface area contributed by atoms with Gasteiger partial charge in [0.05, 0.1) is 0 Å². The Kier molecular flexibility index (Phi) is 3.70. The van der Waals surface area contributed by atoms with Gasteiger partial charge in [-0.15, -0.1) is 0 Å². The van der Waals surface area contributed by atoms with E-state index in [1.165, 1.54) is 17.6 Å². The summed E-state index contributed by atoms with van der Waals surface area (Å²) in [6.07, 6.45) is 5.64. The second-order valence-corrected chi connectivity index (χ2v) is 2.14. The van der Waals surface area contributed by atoms with E-state index in [0.29, 0.717) is 0 Å². The van der Waals surface area contributed by atoms with Crippen molar-refractivity contribution in [2.75, 3.05) is 0 Å². The third-order valence-corrected chi connectivity index (χ3v) is 1.22. The van der Waals surface area contributed by atoms with Gasteiger partial charge in [-0.3, -0.25) is 0 Å².